The van der Waals surface area contributed by atoms with Gasteiger partial charge >= 0.3 is 0 Å². The molecule has 2 aromatic heterocycles. The normalized spacial score (nSPS) is 11.0. The number of rotatable bonds is 4. The highest BCUT2D eigenvalue weighted by molar-refractivity contribution is 9.10. The maximum Gasteiger partial charge on any atom is 0.258 e. The first kappa shape index (κ1) is 19.2. The number of methoxy groups -OCH3 is 1. The van der Waals surface area contributed by atoms with Crippen LogP contribution in [0.1, 0.15) is 11.4 Å². The van der Waals surface area contributed by atoms with Gasteiger partial charge in [-0.05, 0) is 51.8 Å². The van der Waals surface area contributed by atoms with Crippen LogP contribution in [0.4, 0.5) is 8.78 Å². The third kappa shape index (κ3) is 4.02. The van der Waals surface area contributed by atoms with Crippen molar-refractivity contribution in [1.29, 1.82) is 0 Å². The van der Waals surface area contributed by atoms with Gasteiger partial charge in [0, 0.05) is 24.2 Å². The Morgan fingerprint density at radius 2 is 1.86 bits per heavy atom. The number of nitrogens with one attached hydrogen (secondary N) is 1. The van der Waals surface area contributed by atoms with Crippen LogP contribution in [0.15, 0.2) is 57.9 Å². The molecule has 0 spiro atoms. The molecule has 29 heavy (non-hydrogen) atoms. The third-order valence-electron chi connectivity index (χ3n) is 4.38. The van der Waals surface area contributed by atoms with Gasteiger partial charge in [-0.15, -0.1) is 0 Å². The summed E-state index contributed by atoms with van der Waals surface area (Å²) in [7, 11) is 1.52. The van der Waals surface area contributed by atoms with Gasteiger partial charge in [0.05, 0.1) is 28.2 Å². The van der Waals surface area contributed by atoms with Gasteiger partial charge in [0.25, 0.3) is 5.56 Å². The van der Waals surface area contributed by atoms with Crippen LogP contribution >= 0.6 is 15.9 Å². The number of hydrogen-bond acceptors (Lipinski definition) is 4. The molecule has 1 N–H and O–H groups in total. The first-order valence-corrected chi connectivity index (χ1v) is 9.40. The number of benzene rings is 2. The van der Waals surface area contributed by atoms with E-state index >= 15 is 0 Å². The number of nitrogens with zero attached hydrogens (tertiary/aromatic N) is 2. The zero-order chi connectivity index (χ0) is 20.5. The third-order valence-corrected chi connectivity index (χ3v) is 5.00. The van der Waals surface area contributed by atoms with Crippen molar-refractivity contribution in [3.63, 3.8) is 0 Å². The van der Waals surface area contributed by atoms with Crippen LogP contribution in [-0.4, -0.2) is 22.1 Å². The predicted molar refractivity (Wildman–Crippen MR) is 109 cm³/mol. The van der Waals surface area contributed by atoms with Gasteiger partial charge in [0.2, 0.25) is 0 Å². The van der Waals surface area contributed by atoms with Gasteiger partial charge in [0.15, 0.2) is 0 Å². The van der Waals surface area contributed by atoms with Crippen molar-refractivity contribution in [3.05, 3.63) is 86.5 Å². The number of fused-ring (bicyclic) bond motifs is 1. The van der Waals surface area contributed by atoms with E-state index in [4.69, 9.17) is 4.74 Å². The lowest BCUT2D eigenvalue weighted by atomic mass is 10.1. The number of aromatic amines is 1. The summed E-state index contributed by atoms with van der Waals surface area (Å²) >= 11 is 3.39. The van der Waals surface area contributed by atoms with Crippen molar-refractivity contribution >= 4 is 26.8 Å². The first-order valence-electron chi connectivity index (χ1n) is 8.61. The molecule has 0 bridgehead atoms. The van der Waals surface area contributed by atoms with E-state index in [0.717, 1.165) is 11.6 Å². The fourth-order valence-electron chi connectivity index (χ4n) is 3.02. The molecule has 4 rings (SSSR count). The molecule has 4 aromatic rings. The molecule has 5 nitrogen and oxygen atoms in total. The van der Waals surface area contributed by atoms with E-state index in [1.54, 1.807) is 30.5 Å². The number of aromatic nitrogens is 3. The molecular formula is C21H14BrF2N3O2. The van der Waals surface area contributed by atoms with E-state index in [-0.39, 0.29) is 5.56 Å². The molecule has 0 aliphatic heterocycles. The summed E-state index contributed by atoms with van der Waals surface area (Å²) in [5.74, 6) is -0.296. The summed E-state index contributed by atoms with van der Waals surface area (Å²) < 4.78 is 32.7. The number of ether oxygens (including phenoxy) is 1. The minimum atomic E-state index is -0.661. The highest BCUT2D eigenvalue weighted by Gasteiger charge is 2.10. The van der Waals surface area contributed by atoms with Gasteiger partial charge < -0.3 is 9.72 Å². The predicted octanol–water partition coefficient (Wildman–Crippen LogP) is 4.63. The lowest BCUT2D eigenvalue weighted by Gasteiger charge is -2.07. The molecule has 0 amide bonds. The van der Waals surface area contributed by atoms with Gasteiger partial charge in [0.1, 0.15) is 23.2 Å². The van der Waals surface area contributed by atoms with Crippen LogP contribution in [0.3, 0.4) is 0 Å². The van der Waals surface area contributed by atoms with E-state index in [1.165, 1.54) is 19.2 Å². The molecule has 0 saturated carbocycles. The van der Waals surface area contributed by atoms with Crippen molar-refractivity contribution in [3.8, 4) is 17.0 Å². The molecule has 2 aromatic carbocycles. The molecular weight excluding hydrogens is 444 g/mol. The Bertz CT molecular complexity index is 1250. The average Bonchev–Trinajstić information content (AvgIpc) is 2.67. The molecule has 0 saturated heterocycles. The first-order chi connectivity index (χ1) is 13.9. The minimum Gasteiger partial charge on any atom is -0.496 e. The van der Waals surface area contributed by atoms with Crippen molar-refractivity contribution in [2.75, 3.05) is 7.11 Å². The summed E-state index contributed by atoms with van der Waals surface area (Å²) in [5.41, 5.74) is 1.86. The van der Waals surface area contributed by atoms with E-state index in [2.05, 4.69) is 30.9 Å². The van der Waals surface area contributed by atoms with E-state index in [1.807, 2.05) is 0 Å². The molecule has 0 radical (unpaired) electrons. The molecule has 0 fully saturated rings. The maximum absolute atomic E-state index is 13.4. The van der Waals surface area contributed by atoms with Crippen LogP contribution in [0.25, 0.3) is 22.2 Å². The summed E-state index contributed by atoms with van der Waals surface area (Å²) in [5, 5.41) is 0.426. The molecule has 0 aliphatic carbocycles. The molecule has 146 valence electrons. The molecule has 0 unspecified atom stereocenters. The van der Waals surface area contributed by atoms with Gasteiger partial charge in [-0.1, -0.05) is 6.07 Å². The Morgan fingerprint density at radius 3 is 2.52 bits per heavy atom. The smallest absolute Gasteiger partial charge is 0.258 e. The fraction of sp³-hybridized carbons (Fsp3) is 0.0952. The van der Waals surface area contributed by atoms with E-state index < -0.39 is 11.6 Å². The van der Waals surface area contributed by atoms with Crippen molar-refractivity contribution < 1.29 is 13.5 Å². The Balaban J connectivity index is 1.64. The fourth-order valence-corrected chi connectivity index (χ4v) is 3.52. The van der Waals surface area contributed by atoms with Crippen LogP contribution < -0.4 is 10.3 Å². The topological polar surface area (TPSA) is 67.9 Å². The second-order valence-corrected chi connectivity index (χ2v) is 7.26. The highest BCUT2D eigenvalue weighted by atomic mass is 79.9. The van der Waals surface area contributed by atoms with Crippen LogP contribution in [0, 0.1) is 11.6 Å². The maximum atomic E-state index is 13.4. The van der Waals surface area contributed by atoms with Gasteiger partial charge in [-0.2, -0.15) is 0 Å². The zero-order valence-electron chi connectivity index (χ0n) is 15.2. The Hall–Kier alpha value is -3.13. The molecule has 8 heteroatoms. The van der Waals surface area contributed by atoms with E-state index in [9.17, 15) is 13.6 Å². The highest BCUT2D eigenvalue weighted by Crippen LogP contribution is 2.28. The number of H-pyrrole nitrogens is 1. The molecule has 0 aliphatic rings. The number of hydrogen-bond donors (Lipinski definition) is 1. The van der Waals surface area contributed by atoms with Crippen molar-refractivity contribution in [1.82, 2.24) is 15.0 Å². The van der Waals surface area contributed by atoms with Crippen LogP contribution in [-0.2, 0) is 6.42 Å². The van der Waals surface area contributed by atoms with Gasteiger partial charge in [-0.3, -0.25) is 9.78 Å². The van der Waals surface area contributed by atoms with Crippen molar-refractivity contribution in [2.45, 2.75) is 6.42 Å². The van der Waals surface area contributed by atoms with Crippen LogP contribution in [0.5, 0.6) is 5.75 Å². The average molecular weight is 458 g/mol. The monoisotopic (exact) mass is 457 g/mol. The standard InChI is InChI=1S/C21H14BrF2N3O2/c1-29-19-8-15-18(9-16(19)22)26-20(27-21(15)28)4-11-2-3-17(25-10-11)12-5-13(23)7-14(24)6-12/h2-3,5-10H,4H2,1H3,(H,26,27,28). The molecule has 2 heterocycles. The summed E-state index contributed by atoms with van der Waals surface area (Å²) in [6.45, 7) is 0. The van der Waals surface area contributed by atoms with E-state index in [0.29, 0.717) is 44.6 Å². The Labute approximate surface area is 172 Å². The zero-order valence-corrected chi connectivity index (χ0v) is 16.8. The number of pyridine rings is 1. The molecule has 0 atom stereocenters. The SMILES string of the molecule is COc1cc2c(=O)[nH]c(Cc3ccc(-c4cc(F)cc(F)c4)nc3)nc2cc1Br. The second kappa shape index (κ2) is 7.71. The lowest BCUT2D eigenvalue weighted by molar-refractivity contribution is 0.412. The van der Waals surface area contributed by atoms with Crippen molar-refractivity contribution in [2.24, 2.45) is 0 Å². The number of halogens is 3. The second-order valence-electron chi connectivity index (χ2n) is 6.40. The largest absolute Gasteiger partial charge is 0.496 e. The lowest BCUT2D eigenvalue weighted by Crippen LogP contribution is -2.12. The summed E-state index contributed by atoms with van der Waals surface area (Å²) in [6.07, 6.45) is 1.94. The minimum absolute atomic E-state index is 0.268. The summed E-state index contributed by atoms with van der Waals surface area (Å²) in [4.78, 5) is 24.0. The van der Waals surface area contributed by atoms with Gasteiger partial charge in [-0.25, -0.2) is 13.8 Å². The quantitative estimate of drug-likeness (QED) is 0.485. The Kier molecular flexibility index (Phi) is 5.10. The summed E-state index contributed by atoms with van der Waals surface area (Å²) in [6, 6.07) is 10.1. The van der Waals surface area contributed by atoms with Crippen LogP contribution in [0.2, 0.25) is 0 Å². The Morgan fingerprint density at radius 1 is 1.10 bits per heavy atom.